The number of likely N-dealkylation sites (tertiary alicyclic amines) is 1. The quantitative estimate of drug-likeness (QED) is 0.541. The summed E-state index contributed by atoms with van der Waals surface area (Å²) in [5.41, 5.74) is 1.02. The van der Waals surface area contributed by atoms with Gasteiger partial charge in [0.1, 0.15) is 6.04 Å². The summed E-state index contributed by atoms with van der Waals surface area (Å²) in [4.78, 5) is 48.4. The first-order chi connectivity index (χ1) is 18.2. The van der Waals surface area contributed by atoms with Crippen LogP contribution in [0.1, 0.15) is 39.7 Å². The highest BCUT2D eigenvalue weighted by Crippen LogP contribution is 2.66. The highest BCUT2D eigenvalue weighted by atomic mass is 32.2. The van der Waals surface area contributed by atoms with Gasteiger partial charge in [0.05, 0.1) is 29.2 Å². The molecule has 0 saturated carbocycles. The van der Waals surface area contributed by atoms with Gasteiger partial charge in [-0.25, -0.2) is 0 Å². The van der Waals surface area contributed by atoms with E-state index in [0.717, 1.165) is 12.0 Å². The average Bonchev–Trinajstić information content (AvgIpc) is 3.16. The predicted molar refractivity (Wildman–Crippen MR) is 149 cm³/mol. The lowest BCUT2D eigenvalue weighted by atomic mass is 9.74. The van der Waals surface area contributed by atoms with Crippen molar-refractivity contribution < 1.29 is 19.5 Å². The molecule has 8 heteroatoms. The number of hydrogen-bond donors (Lipinski definition) is 1. The molecular formula is C30H39N3O4S. The fourth-order valence-electron chi connectivity index (χ4n) is 6.95. The molecule has 7 nitrogen and oxygen atoms in total. The van der Waals surface area contributed by atoms with Gasteiger partial charge in [0.2, 0.25) is 17.7 Å². The van der Waals surface area contributed by atoms with Gasteiger partial charge in [0.25, 0.3) is 0 Å². The summed E-state index contributed by atoms with van der Waals surface area (Å²) in [6.07, 6.45) is 9.03. The van der Waals surface area contributed by atoms with Gasteiger partial charge in [0.15, 0.2) is 0 Å². The lowest BCUT2D eigenvalue weighted by Crippen LogP contribution is -2.57. The van der Waals surface area contributed by atoms with Crippen molar-refractivity contribution in [2.45, 2.75) is 62.2 Å². The smallest absolute Gasteiger partial charge is 0.247 e. The normalized spacial score (nSPS) is 33.4. The molecule has 1 aromatic carbocycles. The molecule has 3 amide bonds. The summed E-state index contributed by atoms with van der Waals surface area (Å²) in [5.74, 6) is -1.64. The number of benzene rings is 1. The monoisotopic (exact) mass is 537 g/mol. The van der Waals surface area contributed by atoms with Crippen molar-refractivity contribution in [1.82, 2.24) is 14.7 Å². The zero-order valence-electron chi connectivity index (χ0n) is 22.7. The van der Waals surface area contributed by atoms with E-state index in [9.17, 15) is 19.5 Å². The first-order valence-electron chi connectivity index (χ1n) is 13.8. The summed E-state index contributed by atoms with van der Waals surface area (Å²) in [7, 11) is 0. The van der Waals surface area contributed by atoms with Gasteiger partial charge in [-0.3, -0.25) is 14.4 Å². The maximum atomic E-state index is 14.5. The average molecular weight is 538 g/mol. The van der Waals surface area contributed by atoms with Crippen molar-refractivity contribution in [1.29, 1.82) is 0 Å². The molecule has 0 aromatic heterocycles. The van der Waals surface area contributed by atoms with Crippen molar-refractivity contribution in [3.05, 3.63) is 60.2 Å². The Balaban J connectivity index is 1.63. The van der Waals surface area contributed by atoms with Crippen LogP contribution in [0.25, 0.3) is 0 Å². The number of rotatable bonds is 7. The maximum absolute atomic E-state index is 14.5. The Kier molecular flexibility index (Phi) is 7.24. The molecule has 1 aromatic rings. The Labute approximate surface area is 229 Å². The van der Waals surface area contributed by atoms with Gasteiger partial charge < -0.3 is 19.8 Å². The number of nitrogens with zero attached hydrogens (tertiary/aromatic N) is 3. The van der Waals surface area contributed by atoms with Gasteiger partial charge >= 0.3 is 0 Å². The molecule has 1 N–H and O–H groups in total. The lowest BCUT2D eigenvalue weighted by Gasteiger charge is -2.41. The van der Waals surface area contributed by atoms with Crippen molar-refractivity contribution in [2.75, 3.05) is 26.2 Å². The summed E-state index contributed by atoms with van der Waals surface area (Å²) >= 11 is 1.60. The SMILES string of the molecule is CCCN1CC=C[C@]2(C)S[C@]34C=CCN(Cc5ccccc5)C(=O)C3N([C@@H](CO)C(C)C)C(=O)[C@@H]4[C@@H]2C1=O. The highest BCUT2D eigenvalue weighted by Gasteiger charge is 2.74. The van der Waals surface area contributed by atoms with E-state index in [-0.39, 0.29) is 30.2 Å². The topological polar surface area (TPSA) is 81.2 Å². The lowest BCUT2D eigenvalue weighted by molar-refractivity contribution is -0.148. The predicted octanol–water partition coefficient (Wildman–Crippen LogP) is 3.10. The van der Waals surface area contributed by atoms with Gasteiger partial charge in [-0.1, -0.05) is 75.4 Å². The van der Waals surface area contributed by atoms with E-state index in [4.69, 9.17) is 0 Å². The molecule has 6 atom stereocenters. The summed E-state index contributed by atoms with van der Waals surface area (Å²) < 4.78 is -1.51. The third-order valence-corrected chi connectivity index (χ3v) is 10.5. The highest BCUT2D eigenvalue weighted by molar-refractivity contribution is 8.02. The first kappa shape index (κ1) is 27.0. The molecule has 4 aliphatic rings. The molecular weight excluding hydrogens is 498 g/mol. The minimum atomic E-state index is -0.892. The van der Waals surface area contributed by atoms with Crippen LogP contribution in [0.5, 0.6) is 0 Å². The van der Waals surface area contributed by atoms with Crippen LogP contribution in [-0.2, 0) is 20.9 Å². The molecule has 0 radical (unpaired) electrons. The van der Waals surface area contributed by atoms with Crippen LogP contribution in [0, 0.1) is 17.8 Å². The Morgan fingerprint density at radius 2 is 1.66 bits per heavy atom. The molecule has 5 rings (SSSR count). The van der Waals surface area contributed by atoms with Gasteiger partial charge in [-0.2, -0.15) is 0 Å². The molecule has 0 aliphatic carbocycles. The van der Waals surface area contributed by atoms with E-state index in [2.05, 4.69) is 6.08 Å². The Hall–Kier alpha value is -2.58. The molecule has 2 saturated heterocycles. The molecule has 0 bridgehead atoms. The number of amides is 3. The fourth-order valence-corrected chi connectivity index (χ4v) is 9.10. The summed E-state index contributed by atoms with van der Waals surface area (Å²) in [5, 5.41) is 10.4. The van der Waals surface area contributed by atoms with Crippen LogP contribution < -0.4 is 0 Å². The van der Waals surface area contributed by atoms with Crippen LogP contribution in [0.15, 0.2) is 54.6 Å². The van der Waals surface area contributed by atoms with E-state index in [1.165, 1.54) is 0 Å². The number of carbonyl (C=O) groups is 3. The van der Waals surface area contributed by atoms with Gasteiger partial charge in [0, 0.05) is 30.9 Å². The van der Waals surface area contributed by atoms with Crippen LogP contribution in [0.4, 0.5) is 0 Å². The molecule has 2 fully saturated rings. The number of thioether (sulfide) groups is 1. The Morgan fingerprint density at radius 3 is 2.32 bits per heavy atom. The summed E-state index contributed by atoms with van der Waals surface area (Å²) in [6.45, 7) is 9.82. The second-order valence-electron chi connectivity index (χ2n) is 11.5. The van der Waals surface area contributed by atoms with Crippen LogP contribution in [-0.4, -0.2) is 85.3 Å². The Bertz CT molecular complexity index is 1150. The van der Waals surface area contributed by atoms with E-state index < -0.39 is 33.4 Å². The van der Waals surface area contributed by atoms with Crippen molar-refractivity contribution in [3.8, 4) is 0 Å². The largest absolute Gasteiger partial charge is 0.394 e. The fraction of sp³-hybridized carbons (Fsp3) is 0.567. The van der Waals surface area contributed by atoms with Crippen molar-refractivity contribution in [2.24, 2.45) is 17.8 Å². The van der Waals surface area contributed by atoms with Gasteiger partial charge in [-0.15, -0.1) is 11.8 Å². The van der Waals surface area contributed by atoms with E-state index in [1.807, 2.05) is 81.2 Å². The minimum absolute atomic E-state index is 0.0148. The minimum Gasteiger partial charge on any atom is -0.394 e. The van der Waals surface area contributed by atoms with Crippen LogP contribution >= 0.6 is 11.8 Å². The van der Waals surface area contributed by atoms with Crippen LogP contribution in [0.3, 0.4) is 0 Å². The number of carbonyl (C=O) groups excluding carboxylic acids is 3. The van der Waals surface area contributed by atoms with E-state index in [1.54, 1.807) is 21.6 Å². The third kappa shape index (κ3) is 4.11. The zero-order chi connectivity index (χ0) is 27.2. The van der Waals surface area contributed by atoms with Gasteiger partial charge in [-0.05, 0) is 24.8 Å². The van der Waals surface area contributed by atoms with E-state index in [0.29, 0.717) is 26.2 Å². The molecule has 38 heavy (non-hydrogen) atoms. The zero-order valence-corrected chi connectivity index (χ0v) is 23.6. The molecule has 204 valence electrons. The van der Waals surface area contributed by atoms with Crippen LogP contribution in [0.2, 0.25) is 0 Å². The second kappa shape index (κ2) is 10.2. The molecule has 4 aliphatic heterocycles. The second-order valence-corrected chi connectivity index (χ2v) is 13.3. The van der Waals surface area contributed by atoms with Crippen molar-refractivity contribution >= 4 is 29.5 Å². The number of aliphatic hydroxyl groups is 1. The maximum Gasteiger partial charge on any atom is 0.247 e. The third-order valence-electron chi connectivity index (χ3n) is 8.69. The van der Waals surface area contributed by atoms with Crippen molar-refractivity contribution in [3.63, 3.8) is 0 Å². The first-order valence-corrected chi connectivity index (χ1v) is 14.6. The molecule has 1 spiro atoms. The summed E-state index contributed by atoms with van der Waals surface area (Å²) in [6, 6.07) is 8.55. The number of aliphatic hydroxyl groups excluding tert-OH is 1. The standard InChI is InChI=1S/C30H39N3O4S/c1-5-15-31-16-9-13-29(4)23(26(31)35)24-27(36)33(22(19-34)20(2)3)25-28(37)32(17-10-14-30(24,25)38-29)18-21-11-7-6-8-12-21/h6-14,20,22-25,34H,5,15-19H2,1-4H3/t22-,23+,24-,25?,29-,30-/m0/s1. The molecule has 1 unspecified atom stereocenters. The Morgan fingerprint density at radius 1 is 0.974 bits per heavy atom. The number of hydrogen-bond acceptors (Lipinski definition) is 5. The molecule has 4 heterocycles. The number of fused-ring (bicyclic) bond motifs is 2. The van der Waals surface area contributed by atoms with E-state index >= 15 is 0 Å².